The molecule has 2 aromatic carbocycles. The molecule has 0 radical (unpaired) electrons. The Morgan fingerprint density at radius 3 is 2.50 bits per heavy atom. The average Bonchev–Trinajstić information content (AvgIpc) is 2.46. The molecule has 3 aromatic rings. The molecule has 0 aliphatic heterocycles. The van der Waals surface area contributed by atoms with Crippen molar-refractivity contribution in [3.8, 4) is 11.4 Å². The molecule has 0 amide bonds. The lowest BCUT2D eigenvalue weighted by atomic mass is 10.1. The average molecular weight is 287 g/mol. The van der Waals surface area contributed by atoms with Crippen molar-refractivity contribution in [1.82, 2.24) is 9.97 Å². The molecule has 0 saturated carbocycles. The first-order valence-corrected chi connectivity index (χ1v) is 6.77. The van der Waals surface area contributed by atoms with Crippen LogP contribution in [0.3, 0.4) is 0 Å². The van der Waals surface area contributed by atoms with E-state index in [-0.39, 0.29) is 5.82 Å². The lowest BCUT2D eigenvalue weighted by Crippen LogP contribution is -1.93. The van der Waals surface area contributed by atoms with E-state index in [1.165, 1.54) is 17.7 Å². The van der Waals surface area contributed by atoms with Gasteiger partial charge in [-0.25, -0.2) is 14.4 Å². The van der Waals surface area contributed by atoms with Crippen LogP contribution in [0.2, 0.25) is 5.15 Å². The van der Waals surface area contributed by atoms with Crippen LogP contribution in [0.1, 0.15) is 12.5 Å². The molecule has 3 rings (SSSR count). The van der Waals surface area contributed by atoms with Crippen molar-refractivity contribution in [1.29, 1.82) is 0 Å². The summed E-state index contributed by atoms with van der Waals surface area (Å²) in [7, 11) is 0. The number of hydrogen-bond donors (Lipinski definition) is 0. The molecule has 0 N–H and O–H groups in total. The van der Waals surface area contributed by atoms with Crippen molar-refractivity contribution in [2.24, 2.45) is 0 Å². The van der Waals surface area contributed by atoms with Crippen molar-refractivity contribution in [2.45, 2.75) is 13.3 Å². The predicted octanol–water partition coefficient (Wildman–Crippen LogP) is 4.65. The Morgan fingerprint density at radius 2 is 1.80 bits per heavy atom. The van der Waals surface area contributed by atoms with Gasteiger partial charge in [0.2, 0.25) is 0 Å². The van der Waals surface area contributed by atoms with Crippen LogP contribution in [0.15, 0.2) is 42.5 Å². The number of benzene rings is 2. The molecule has 1 aromatic heterocycles. The first-order chi connectivity index (χ1) is 9.67. The van der Waals surface area contributed by atoms with Gasteiger partial charge in [0.15, 0.2) is 5.82 Å². The van der Waals surface area contributed by atoms with Crippen LogP contribution in [0.5, 0.6) is 0 Å². The van der Waals surface area contributed by atoms with Gasteiger partial charge in [-0.05, 0) is 24.1 Å². The third kappa shape index (κ3) is 2.37. The number of hydrogen-bond acceptors (Lipinski definition) is 2. The van der Waals surface area contributed by atoms with E-state index in [2.05, 4.69) is 16.9 Å². The topological polar surface area (TPSA) is 25.8 Å². The van der Waals surface area contributed by atoms with E-state index in [9.17, 15) is 4.39 Å². The van der Waals surface area contributed by atoms with E-state index in [1.807, 2.05) is 24.3 Å². The Morgan fingerprint density at radius 1 is 1.05 bits per heavy atom. The van der Waals surface area contributed by atoms with Gasteiger partial charge in [-0.1, -0.05) is 42.8 Å². The van der Waals surface area contributed by atoms with Crippen LogP contribution in [0.25, 0.3) is 22.3 Å². The van der Waals surface area contributed by atoms with Gasteiger partial charge < -0.3 is 0 Å². The lowest BCUT2D eigenvalue weighted by molar-refractivity contribution is 0.629. The molecule has 2 nitrogen and oxygen atoms in total. The van der Waals surface area contributed by atoms with Crippen LogP contribution < -0.4 is 0 Å². The smallest absolute Gasteiger partial charge is 0.161 e. The van der Waals surface area contributed by atoms with Gasteiger partial charge in [0.05, 0.1) is 5.52 Å². The number of aryl methyl sites for hydroxylation is 1. The Hall–Kier alpha value is -2.00. The summed E-state index contributed by atoms with van der Waals surface area (Å²) in [5, 5.41) is 0.992. The molecule has 1 heterocycles. The third-order valence-electron chi connectivity index (χ3n) is 3.23. The molecule has 0 aliphatic rings. The van der Waals surface area contributed by atoms with Crippen LogP contribution in [0, 0.1) is 5.82 Å². The summed E-state index contributed by atoms with van der Waals surface area (Å²) >= 11 is 6.15. The maximum Gasteiger partial charge on any atom is 0.161 e. The van der Waals surface area contributed by atoms with Gasteiger partial charge in [-0.2, -0.15) is 0 Å². The second-order valence-electron chi connectivity index (χ2n) is 4.55. The lowest BCUT2D eigenvalue weighted by Gasteiger charge is -2.05. The highest BCUT2D eigenvalue weighted by atomic mass is 35.5. The summed E-state index contributed by atoms with van der Waals surface area (Å²) in [6.07, 6.45) is 0.977. The molecule has 0 unspecified atom stereocenters. The standard InChI is InChI=1S/C16H12ClFN2/c1-2-10-3-5-11(6-4-10)16-19-14-9-12(18)7-8-13(14)15(17)20-16/h3-9H,2H2,1H3. The van der Waals surface area contributed by atoms with E-state index < -0.39 is 0 Å². The summed E-state index contributed by atoms with van der Waals surface area (Å²) in [5.41, 5.74) is 2.63. The summed E-state index contributed by atoms with van der Waals surface area (Å²) in [5.74, 6) is 0.176. The SMILES string of the molecule is CCc1ccc(-c2nc(Cl)c3ccc(F)cc3n2)cc1. The summed E-state index contributed by atoms with van der Waals surface area (Å²) in [6.45, 7) is 2.10. The Bertz CT molecular complexity index is 769. The molecule has 0 saturated heterocycles. The maximum absolute atomic E-state index is 13.3. The van der Waals surface area contributed by atoms with Crippen LogP contribution in [-0.4, -0.2) is 9.97 Å². The van der Waals surface area contributed by atoms with Gasteiger partial charge in [-0.15, -0.1) is 0 Å². The van der Waals surface area contributed by atoms with Crippen molar-refractivity contribution < 1.29 is 4.39 Å². The molecule has 20 heavy (non-hydrogen) atoms. The molecule has 0 bridgehead atoms. The zero-order valence-corrected chi connectivity index (χ0v) is 11.7. The number of aromatic nitrogens is 2. The quantitative estimate of drug-likeness (QED) is 0.641. The normalized spacial score (nSPS) is 10.9. The third-order valence-corrected chi connectivity index (χ3v) is 3.52. The molecule has 0 atom stereocenters. The van der Waals surface area contributed by atoms with E-state index in [4.69, 9.17) is 11.6 Å². The number of rotatable bonds is 2. The number of halogens is 2. The summed E-state index contributed by atoms with van der Waals surface area (Å²) in [4.78, 5) is 8.68. The van der Waals surface area contributed by atoms with Gasteiger partial charge >= 0.3 is 0 Å². The van der Waals surface area contributed by atoms with Gasteiger partial charge in [0.1, 0.15) is 11.0 Å². The molecule has 0 spiro atoms. The van der Waals surface area contributed by atoms with E-state index >= 15 is 0 Å². The first-order valence-electron chi connectivity index (χ1n) is 6.39. The van der Waals surface area contributed by atoms with Gasteiger partial charge in [0, 0.05) is 17.0 Å². The molecule has 0 fully saturated rings. The van der Waals surface area contributed by atoms with Crippen molar-refractivity contribution >= 4 is 22.5 Å². The second-order valence-corrected chi connectivity index (χ2v) is 4.91. The molecular formula is C16H12ClFN2. The number of nitrogens with zero attached hydrogens (tertiary/aromatic N) is 2. The highest BCUT2D eigenvalue weighted by molar-refractivity contribution is 6.34. The van der Waals surface area contributed by atoms with E-state index in [0.29, 0.717) is 21.9 Å². The van der Waals surface area contributed by atoms with Crippen molar-refractivity contribution in [2.75, 3.05) is 0 Å². The minimum atomic E-state index is -0.334. The summed E-state index contributed by atoms with van der Waals surface area (Å²) in [6, 6.07) is 12.3. The molecule has 100 valence electrons. The maximum atomic E-state index is 13.3. The minimum Gasteiger partial charge on any atom is -0.228 e. The second kappa shape index (κ2) is 5.17. The Labute approximate surface area is 121 Å². The molecular weight excluding hydrogens is 275 g/mol. The van der Waals surface area contributed by atoms with E-state index in [0.717, 1.165) is 12.0 Å². The minimum absolute atomic E-state index is 0.334. The fraction of sp³-hybridized carbons (Fsp3) is 0.125. The Balaban J connectivity index is 2.15. The highest BCUT2D eigenvalue weighted by Gasteiger charge is 2.08. The van der Waals surface area contributed by atoms with Crippen molar-refractivity contribution in [3.05, 3.63) is 59.0 Å². The largest absolute Gasteiger partial charge is 0.228 e. The predicted molar refractivity (Wildman–Crippen MR) is 79.3 cm³/mol. The fourth-order valence-electron chi connectivity index (χ4n) is 2.08. The molecule has 0 aliphatic carbocycles. The van der Waals surface area contributed by atoms with Gasteiger partial charge in [-0.3, -0.25) is 0 Å². The monoisotopic (exact) mass is 286 g/mol. The Kier molecular flexibility index (Phi) is 3.36. The van der Waals surface area contributed by atoms with Crippen LogP contribution in [0.4, 0.5) is 4.39 Å². The van der Waals surface area contributed by atoms with Crippen LogP contribution >= 0.6 is 11.6 Å². The zero-order chi connectivity index (χ0) is 14.1. The van der Waals surface area contributed by atoms with E-state index in [1.54, 1.807) is 6.07 Å². The highest BCUT2D eigenvalue weighted by Crippen LogP contribution is 2.25. The van der Waals surface area contributed by atoms with Crippen molar-refractivity contribution in [3.63, 3.8) is 0 Å². The number of fused-ring (bicyclic) bond motifs is 1. The summed E-state index contributed by atoms with van der Waals surface area (Å²) < 4.78 is 13.3. The van der Waals surface area contributed by atoms with Gasteiger partial charge in [0.25, 0.3) is 0 Å². The zero-order valence-electron chi connectivity index (χ0n) is 10.9. The fourth-order valence-corrected chi connectivity index (χ4v) is 2.32. The van der Waals surface area contributed by atoms with Crippen LogP contribution in [-0.2, 0) is 6.42 Å². The first kappa shape index (κ1) is 13.0. The molecule has 4 heteroatoms.